The van der Waals surface area contributed by atoms with Crippen LogP contribution in [-0.4, -0.2) is 44.1 Å². The molecule has 0 spiro atoms. The average Bonchev–Trinajstić information content (AvgIpc) is 2.61. The van der Waals surface area contributed by atoms with Gasteiger partial charge in [0.25, 0.3) is 0 Å². The molecule has 5 nitrogen and oxygen atoms in total. The van der Waals surface area contributed by atoms with E-state index >= 15 is 0 Å². The van der Waals surface area contributed by atoms with Crippen LogP contribution in [0.5, 0.6) is 0 Å². The van der Waals surface area contributed by atoms with Crippen molar-refractivity contribution < 1.29 is 17.9 Å². The monoisotopic (exact) mass is 247 g/mol. The fraction of sp³-hybridized carbons (Fsp3) is 0.900. The van der Waals surface area contributed by atoms with Crippen LogP contribution >= 0.6 is 0 Å². The van der Waals surface area contributed by atoms with E-state index in [4.69, 9.17) is 0 Å². The first kappa shape index (κ1) is 11.9. The zero-order chi connectivity index (χ0) is 11.8. The Hall–Kier alpha value is -0.620. The first-order valence-electron chi connectivity index (χ1n) is 5.64. The van der Waals surface area contributed by atoms with E-state index in [1.807, 2.05) is 0 Å². The lowest BCUT2D eigenvalue weighted by atomic mass is 10.1. The molecule has 16 heavy (non-hydrogen) atoms. The molecule has 1 saturated heterocycles. The summed E-state index contributed by atoms with van der Waals surface area (Å²) in [6, 6.07) is 0. The molecular weight excluding hydrogens is 230 g/mol. The predicted molar refractivity (Wildman–Crippen MR) is 58.3 cm³/mol. The van der Waals surface area contributed by atoms with Gasteiger partial charge in [-0.05, 0) is 19.3 Å². The average molecular weight is 247 g/mol. The van der Waals surface area contributed by atoms with Crippen LogP contribution in [0.2, 0.25) is 0 Å². The van der Waals surface area contributed by atoms with Gasteiger partial charge in [0.15, 0.2) is 0 Å². The van der Waals surface area contributed by atoms with Gasteiger partial charge >= 0.3 is 5.97 Å². The summed E-state index contributed by atoms with van der Waals surface area (Å²) >= 11 is 0. The van der Waals surface area contributed by atoms with E-state index in [0.29, 0.717) is 25.9 Å². The summed E-state index contributed by atoms with van der Waals surface area (Å²) in [5.41, 5.74) is 0. The lowest BCUT2D eigenvalue weighted by molar-refractivity contribution is -0.145. The van der Waals surface area contributed by atoms with Crippen LogP contribution in [0.4, 0.5) is 0 Å². The van der Waals surface area contributed by atoms with Crippen molar-refractivity contribution >= 4 is 16.0 Å². The summed E-state index contributed by atoms with van der Waals surface area (Å²) in [6.07, 6.45) is 2.93. The molecule has 0 radical (unpaired) electrons. The van der Waals surface area contributed by atoms with Gasteiger partial charge in [0.2, 0.25) is 10.0 Å². The van der Waals surface area contributed by atoms with Crippen LogP contribution in [0.25, 0.3) is 0 Å². The molecule has 0 aromatic heterocycles. The molecule has 1 saturated carbocycles. The fourth-order valence-corrected chi connectivity index (χ4v) is 4.71. The summed E-state index contributed by atoms with van der Waals surface area (Å²) in [4.78, 5) is 11.5. The second-order valence-corrected chi connectivity index (χ2v) is 6.55. The third kappa shape index (κ3) is 1.84. The number of ether oxygens (including phenoxy) is 1. The smallest absolute Gasteiger partial charge is 0.310 e. The minimum atomic E-state index is -3.27. The normalized spacial score (nSPS) is 31.1. The van der Waals surface area contributed by atoms with Crippen molar-refractivity contribution in [2.24, 2.45) is 5.92 Å². The SMILES string of the molecule is COC(=O)C1CCCC1S(=O)(=O)N1CCC1. The lowest BCUT2D eigenvalue weighted by Gasteiger charge is -2.33. The zero-order valence-electron chi connectivity index (χ0n) is 9.39. The molecular formula is C10H17NO4S. The minimum Gasteiger partial charge on any atom is -0.469 e. The van der Waals surface area contributed by atoms with Crippen LogP contribution in [0, 0.1) is 5.92 Å². The van der Waals surface area contributed by atoms with Gasteiger partial charge in [-0.1, -0.05) is 6.42 Å². The molecule has 0 bridgehead atoms. The van der Waals surface area contributed by atoms with Gasteiger partial charge in [-0.15, -0.1) is 0 Å². The lowest BCUT2D eigenvalue weighted by Crippen LogP contribution is -2.48. The third-order valence-corrected chi connectivity index (χ3v) is 5.93. The van der Waals surface area contributed by atoms with E-state index in [-0.39, 0.29) is 5.97 Å². The highest BCUT2D eigenvalue weighted by molar-refractivity contribution is 7.89. The Morgan fingerprint density at radius 1 is 1.25 bits per heavy atom. The second-order valence-electron chi connectivity index (χ2n) is 4.40. The van der Waals surface area contributed by atoms with Crippen molar-refractivity contribution in [2.75, 3.05) is 20.2 Å². The topological polar surface area (TPSA) is 63.7 Å². The largest absolute Gasteiger partial charge is 0.469 e. The standard InChI is InChI=1S/C10H17NO4S/c1-15-10(12)8-4-2-5-9(8)16(13,14)11-6-3-7-11/h8-9H,2-7H2,1H3. The number of esters is 1. The number of rotatable bonds is 3. The molecule has 0 aromatic carbocycles. The van der Waals surface area contributed by atoms with Crippen molar-refractivity contribution in [3.8, 4) is 0 Å². The Morgan fingerprint density at radius 3 is 2.44 bits per heavy atom. The molecule has 2 rings (SSSR count). The van der Waals surface area contributed by atoms with Crippen molar-refractivity contribution in [3.05, 3.63) is 0 Å². The molecule has 0 amide bonds. The van der Waals surface area contributed by atoms with Gasteiger partial charge in [0.1, 0.15) is 0 Å². The van der Waals surface area contributed by atoms with E-state index in [2.05, 4.69) is 4.74 Å². The maximum atomic E-state index is 12.2. The number of carbonyl (C=O) groups is 1. The summed E-state index contributed by atoms with van der Waals surface area (Å²) in [5.74, 6) is -0.845. The van der Waals surface area contributed by atoms with Gasteiger partial charge < -0.3 is 4.74 Å². The number of nitrogens with zero attached hydrogens (tertiary/aromatic N) is 1. The molecule has 0 aromatic rings. The van der Waals surface area contributed by atoms with E-state index in [1.54, 1.807) is 0 Å². The molecule has 1 aliphatic carbocycles. The van der Waals surface area contributed by atoms with E-state index in [9.17, 15) is 13.2 Å². The van der Waals surface area contributed by atoms with Gasteiger partial charge in [-0.3, -0.25) is 4.79 Å². The summed E-state index contributed by atoms with van der Waals surface area (Å²) in [5, 5.41) is -0.555. The Labute approximate surface area is 95.8 Å². The molecule has 2 atom stereocenters. The zero-order valence-corrected chi connectivity index (χ0v) is 10.2. The second kappa shape index (κ2) is 4.33. The Morgan fingerprint density at radius 2 is 1.94 bits per heavy atom. The van der Waals surface area contributed by atoms with Crippen molar-refractivity contribution in [3.63, 3.8) is 0 Å². The molecule has 1 aliphatic heterocycles. The highest BCUT2D eigenvalue weighted by atomic mass is 32.2. The van der Waals surface area contributed by atoms with Crippen molar-refractivity contribution in [2.45, 2.75) is 30.9 Å². The van der Waals surface area contributed by atoms with E-state index in [1.165, 1.54) is 11.4 Å². The number of methoxy groups -OCH3 is 1. The molecule has 0 N–H and O–H groups in total. The fourth-order valence-electron chi connectivity index (χ4n) is 2.44. The maximum absolute atomic E-state index is 12.2. The first-order valence-corrected chi connectivity index (χ1v) is 7.14. The maximum Gasteiger partial charge on any atom is 0.310 e. The van der Waals surface area contributed by atoms with Gasteiger partial charge in [0, 0.05) is 13.1 Å². The third-order valence-electron chi connectivity index (χ3n) is 3.51. The molecule has 6 heteroatoms. The van der Waals surface area contributed by atoms with Gasteiger partial charge in [0.05, 0.1) is 18.3 Å². The predicted octanol–water partition coefficient (Wildman–Crippen LogP) is 0.364. The molecule has 1 heterocycles. The van der Waals surface area contributed by atoms with Crippen LogP contribution in [-0.2, 0) is 19.6 Å². The van der Waals surface area contributed by atoms with E-state index in [0.717, 1.165) is 12.8 Å². The van der Waals surface area contributed by atoms with Gasteiger partial charge in [-0.2, -0.15) is 0 Å². The first-order chi connectivity index (χ1) is 7.57. The Kier molecular flexibility index (Phi) is 3.21. The quantitative estimate of drug-likeness (QED) is 0.676. The molecule has 2 fully saturated rings. The van der Waals surface area contributed by atoms with Crippen molar-refractivity contribution in [1.29, 1.82) is 0 Å². The summed E-state index contributed by atoms with van der Waals surface area (Å²) in [7, 11) is -1.96. The number of sulfonamides is 1. The highest BCUT2D eigenvalue weighted by Crippen LogP contribution is 2.34. The summed E-state index contributed by atoms with van der Waals surface area (Å²) in [6.45, 7) is 1.21. The Bertz CT molecular complexity index is 374. The minimum absolute atomic E-state index is 0.383. The molecule has 2 unspecified atom stereocenters. The number of hydrogen-bond donors (Lipinski definition) is 0. The molecule has 92 valence electrons. The van der Waals surface area contributed by atoms with Crippen LogP contribution in [0.3, 0.4) is 0 Å². The van der Waals surface area contributed by atoms with Gasteiger partial charge in [-0.25, -0.2) is 12.7 Å². The van der Waals surface area contributed by atoms with Crippen LogP contribution in [0.15, 0.2) is 0 Å². The Balaban J connectivity index is 2.16. The summed E-state index contributed by atoms with van der Waals surface area (Å²) < 4.78 is 30.5. The van der Waals surface area contributed by atoms with Crippen LogP contribution in [0.1, 0.15) is 25.7 Å². The highest BCUT2D eigenvalue weighted by Gasteiger charge is 2.45. The van der Waals surface area contributed by atoms with Crippen molar-refractivity contribution in [1.82, 2.24) is 4.31 Å². The number of hydrogen-bond acceptors (Lipinski definition) is 4. The molecule has 2 aliphatic rings. The number of carbonyl (C=O) groups excluding carboxylic acids is 1. The van der Waals surface area contributed by atoms with Crippen LogP contribution < -0.4 is 0 Å². The van der Waals surface area contributed by atoms with E-state index < -0.39 is 21.2 Å².